The molecule has 0 radical (unpaired) electrons. The standard InChI is InChI=1S/C21H27NO/c1-14-8-15(2)11-18(10-14)21(23,20-6-5-7-22-20)19-12-16(3)9-17(4)13-19/h8-13,20,22-23H,5-7H2,1-4H3/t20-/m1/s1. The third-order valence-corrected chi connectivity index (χ3v) is 4.89. The lowest BCUT2D eigenvalue weighted by Gasteiger charge is -2.36. The van der Waals surface area contributed by atoms with Gasteiger partial charge in [-0.3, -0.25) is 0 Å². The molecule has 0 unspecified atom stereocenters. The molecular formula is C21H27NO. The summed E-state index contributed by atoms with van der Waals surface area (Å²) in [5.41, 5.74) is 5.80. The van der Waals surface area contributed by atoms with Crippen molar-refractivity contribution >= 4 is 0 Å². The van der Waals surface area contributed by atoms with Gasteiger partial charge in [-0.15, -0.1) is 0 Å². The van der Waals surface area contributed by atoms with Crippen LogP contribution in [0.1, 0.15) is 46.2 Å². The average Bonchev–Trinajstić information content (AvgIpc) is 2.98. The Hall–Kier alpha value is -1.64. The molecule has 2 nitrogen and oxygen atoms in total. The van der Waals surface area contributed by atoms with Gasteiger partial charge in [0.2, 0.25) is 0 Å². The van der Waals surface area contributed by atoms with Gasteiger partial charge >= 0.3 is 0 Å². The summed E-state index contributed by atoms with van der Waals surface area (Å²) in [5.74, 6) is 0. The Bertz CT molecular complexity index is 622. The molecule has 0 aliphatic carbocycles. The maximum Gasteiger partial charge on any atom is 0.130 e. The zero-order chi connectivity index (χ0) is 16.6. The highest BCUT2D eigenvalue weighted by atomic mass is 16.3. The number of hydrogen-bond acceptors (Lipinski definition) is 2. The maximum absolute atomic E-state index is 11.9. The monoisotopic (exact) mass is 309 g/mol. The zero-order valence-electron chi connectivity index (χ0n) is 14.6. The van der Waals surface area contributed by atoms with Gasteiger partial charge in [0.25, 0.3) is 0 Å². The zero-order valence-corrected chi connectivity index (χ0v) is 14.6. The first-order valence-corrected chi connectivity index (χ1v) is 8.53. The lowest BCUT2D eigenvalue weighted by molar-refractivity contribution is 0.0440. The Morgan fingerprint density at radius 2 is 1.26 bits per heavy atom. The molecule has 2 N–H and O–H groups in total. The van der Waals surface area contributed by atoms with Crippen LogP contribution in [-0.2, 0) is 5.60 Å². The van der Waals surface area contributed by atoms with Crippen molar-refractivity contribution < 1.29 is 5.11 Å². The Balaban J connectivity index is 2.21. The van der Waals surface area contributed by atoms with Crippen LogP contribution in [-0.4, -0.2) is 17.7 Å². The molecule has 1 atom stereocenters. The van der Waals surface area contributed by atoms with Gasteiger partial charge in [-0.05, 0) is 58.2 Å². The van der Waals surface area contributed by atoms with E-state index in [9.17, 15) is 5.11 Å². The van der Waals surface area contributed by atoms with Crippen molar-refractivity contribution in [3.8, 4) is 0 Å². The molecule has 2 aromatic rings. The number of benzene rings is 2. The van der Waals surface area contributed by atoms with E-state index >= 15 is 0 Å². The summed E-state index contributed by atoms with van der Waals surface area (Å²) in [6.45, 7) is 9.37. The Morgan fingerprint density at radius 1 is 0.826 bits per heavy atom. The van der Waals surface area contributed by atoms with Crippen LogP contribution in [0.4, 0.5) is 0 Å². The van der Waals surface area contributed by atoms with Gasteiger partial charge in [0, 0.05) is 6.04 Å². The predicted octanol–water partition coefficient (Wildman–Crippen LogP) is 3.91. The van der Waals surface area contributed by atoms with Gasteiger partial charge < -0.3 is 10.4 Å². The minimum atomic E-state index is -0.982. The van der Waals surface area contributed by atoms with Gasteiger partial charge in [-0.2, -0.15) is 0 Å². The molecule has 0 amide bonds. The SMILES string of the molecule is Cc1cc(C)cc(C(O)(c2cc(C)cc(C)c2)[C@H]2CCCN2)c1. The molecule has 0 bridgehead atoms. The number of aliphatic hydroxyl groups is 1. The summed E-state index contributed by atoms with van der Waals surface area (Å²) in [6, 6.07) is 12.9. The molecule has 0 aromatic heterocycles. The Kier molecular flexibility index (Phi) is 4.31. The van der Waals surface area contributed by atoms with Crippen LogP contribution in [0, 0.1) is 27.7 Å². The molecule has 1 fully saturated rings. The Labute approximate surface area is 139 Å². The van der Waals surface area contributed by atoms with Crippen molar-refractivity contribution in [2.24, 2.45) is 0 Å². The maximum atomic E-state index is 11.9. The summed E-state index contributed by atoms with van der Waals surface area (Å²) < 4.78 is 0. The first-order chi connectivity index (χ1) is 10.9. The van der Waals surface area contributed by atoms with Crippen LogP contribution in [0.25, 0.3) is 0 Å². The van der Waals surface area contributed by atoms with Crippen LogP contribution >= 0.6 is 0 Å². The van der Waals surface area contributed by atoms with E-state index in [0.29, 0.717) is 0 Å². The summed E-state index contributed by atoms with van der Waals surface area (Å²) in [6.07, 6.45) is 2.11. The molecular weight excluding hydrogens is 282 g/mol. The van der Waals surface area contributed by atoms with Gasteiger partial charge in [0.1, 0.15) is 5.60 Å². The number of aryl methyl sites for hydroxylation is 4. The molecule has 0 saturated carbocycles. The lowest BCUT2D eigenvalue weighted by Crippen LogP contribution is -2.46. The molecule has 23 heavy (non-hydrogen) atoms. The largest absolute Gasteiger partial charge is 0.379 e. The minimum absolute atomic E-state index is 0.0601. The smallest absolute Gasteiger partial charge is 0.130 e. The van der Waals surface area contributed by atoms with Crippen molar-refractivity contribution in [2.45, 2.75) is 52.2 Å². The van der Waals surface area contributed by atoms with Crippen LogP contribution in [0.5, 0.6) is 0 Å². The fourth-order valence-electron chi connectivity index (χ4n) is 4.00. The van der Waals surface area contributed by atoms with Crippen molar-refractivity contribution in [2.75, 3.05) is 6.54 Å². The topological polar surface area (TPSA) is 32.3 Å². The van der Waals surface area contributed by atoms with Crippen LogP contribution in [0.2, 0.25) is 0 Å². The third-order valence-electron chi connectivity index (χ3n) is 4.89. The molecule has 1 heterocycles. The normalized spacial score (nSPS) is 18.4. The highest BCUT2D eigenvalue weighted by Gasteiger charge is 2.41. The highest BCUT2D eigenvalue weighted by molar-refractivity contribution is 5.44. The fourth-order valence-corrected chi connectivity index (χ4v) is 4.00. The molecule has 2 aromatic carbocycles. The van der Waals surface area contributed by atoms with Gasteiger partial charge in [-0.1, -0.05) is 58.7 Å². The van der Waals surface area contributed by atoms with E-state index < -0.39 is 5.60 Å². The number of rotatable bonds is 3. The van der Waals surface area contributed by atoms with Crippen molar-refractivity contribution in [3.63, 3.8) is 0 Å². The summed E-state index contributed by atoms with van der Waals surface area (Å²) in [4.78, 5) is 0. The predicted molar refractivity (Wildman–Crippen MR) is 95.9 cm³/mol. The van der Waals surface area contributed by atoms with Crippen LogP contribution in [0.15, 0.2) is 36.4 Å². The van der Waals surface area contributed by atoms with Gasteiger partial charge in [-0.25, -0.2) is 0 Å². The second kappa shape index (κ2) is 6.10. The first-order valence-electron chi connectivity index (χ1n) is 8.53. The van der Waals surface area contributed by atoms with Crippen molar-refractivity contribution in [1.82, 2.24) is 5.32 Å². The van der Waals surface area contributed by atoms with E-state index in [4.69, 9.17) is 0 Å². The van der Waals surface area contributed by atoms with Crippen LogP contribution in [0.3, 0.4) is 0 Å². The number of hydrogen-bond donors (Lipinski definition) is 2. The van der Waals surface area contributed by atoms with E-state index in [2.05, 4.69) is 69.4 Å². The van der Waals surface area contributed by atoms with Crippen molar-refractivity contribution in [1.29, 1.82) is 0 Å². The Morgan fingerprint density at radius 3 is 1.61 bits per heavy atom. The second-order valence-electron chi connectivity index (χ2n) is 7.17. The molecule has 0 spiro atoms. The van der Waals surface area contributed by atoms with E-state index in [1.54, 1.807) is 0 Å². The second-order valence-corrected chi connectivity index (χ2v) is 7.17. The van der Waals surface area contributed by atoms with Crippen molar-refractivity contribution in [3.05, 3.63) is 69.8 Å². The summed E-state index contributed by atoms with van der Waals surface area (Å²) in [5, 5.41) is 15.4. The third kappa shape index (κ3) is 3.06. The summed E-state index contributed by atoms with van der Waals surface area (Å²) >= 11 is 0. The lowest BCUT2D eigenvalue weighted by atomic mass is 9.77. The van der Waals surface area contributed by atoms with E-state index in [-0.39, 0.29) is 6.04 Å². The van der Waals surface area contributed by atoms with E-state index in [0.717, 1.165) is 30.5 Å². The average molecular weight is 309 g/mol. The van der Waals surface area contributed by atoms with Gasteiger partial charge in [0.15, 0.2) is 0 Å². The molecule has 1 aliphatic heterocycles. The molecule has 122 valence electrons. The first kappa shape index (κ1) is 16.2. The molecule has 1 aliphatic rings. The molecule has 2 heteroatoms. The van der Waals surface area contributed by atoms with E-state index in [1.807, 2.05) is 0 Å². The quantitative estimate of drug-likeness (QED) is 0.901. The summed E-state index contributed by atoms with van der Waals surface area (Å²) in [7, 11) is 0. The minimum Gasteiger partial charge on any atom is -0.379 e. The molecule has 3 rings (SSSR count). The number of nitrogens with one attached hydrogen (secondary N) is 1. The van der Waals surface area contributed by atoms with Gasteiger partial charge in [0.05, 0.1) is 0 Å². The van der Waals surface area contributed by atoms with Crippen LogP contribution < -0.4 is 5.32 Å². The highest BCUT2D eigenvalue weighted by Crippen LogP contribution is 2.38. The van der Waals surface area contributed by atoms with E-state index in [1.165, 1.54) is 22.3 Å². The molecule has 1 saturated heterocycles. The fraction of sp³-hybridized carbons (Fsp3) is 0.429.